The van der Waals surface area contributed by atoms with E-state index in [2.05, 4.69) is 11.8 Å². The number of aliphatic hydroxyl groups is 1. The first-order valence-corrected chi connectivity index (χ1v) is 10.5. The topological polar surface area (TPSA) is 36.4 Å². The molecule has 7 heteroatoms. The van der Waals surface area contributed by atoms with E-state index in [0.29, 0.717) is 16.6 Å². The Balaban J connectivity index is 0.00000160. The summed E-state index contributed by atoms with van der Waals surface area (Å²) in [7, 11) is 0. The van der Waals surface area contributed by atoms with E-state index in [1.807, 2.05) is 48.5 Å². The van der Waals surface area contributed by atoms with Crippen LogP contribution in [0.3, 0.4) is 0 Å². The quantitative estimate of drug-likeness (QED) is 0.438. The van der Waals surface area contributed by atoms with Crippen LogP contribution >= 0.6 is 48.0 Å². The number of hydrogen-bond acceptors (Lipinski definition) is 3. The fourth-order valence-electron chi connectivity index (χ4n) is 3.86. The van der Waals surface area contributed by atoms with Crippen LogP contribution in [-0.2, 0) is 0 Å². The van der Waals surface area contributed by atoms with Crippen LogP contribution in [0.15, 0.2) is 48.5 Å². The van der Waals surface area contributed by atoms with Crippen LogP contribution in [0.25, 0.3) is 22.2 Å². The fraction of sp³-hybridized carbons (Fsp3) is 0.348. The number of benzene rings is 2. The summed E-state index contributed by atoms with van der Waals surface area (Å²) in [4.78, 5) is 7.14. The number of likely N-dealkylation sites (tertiary alicyclic amines) is 1. The number of hydrogen-bond donors (Lipinski definition) is 1. The first kappa shape index (κ1) is 25.2. The minimum atomic E-state index is -0.578. The molecule has 1 N–H and O–H groups in total. The largest absolute Gasteiger partial charge is 0.387 e. The number of aromatic nitrogens is 1. The molecule has 3 aromatic rings. The van der Waals surface area contributed by atoms with E-state index in [-0.39, 0.29) is 24.8 Å². The van der Waals surface area contributed by atoms with Crippen LogP contribution in [0.4, 0.5) is 0 Å². The third kappa shape index (κ3) is 5.79. The number of aliphatic hydroxyl groups excluding tert-OH is 1. The fourth-order valence-corrected chi connectivity index (χ4v) is 4.15. The summed E-state index contributed by atoms with van der Waals surface area (Å²) in [5.74, 6) is 0.772. The molecule has 0 spiro atoms. The molecule has 1 unspecified atom stereocenters. The van der Waals surface area contributed by atoms with Crippen LogP contribution in [0, 0.1) is 5.92 Å². The van der Waals surface area contributed by atoms with Crippen molar-refractivity contribution in [1.29, 1.82) is 0 Å². The average molecular weight is 488 g/mol. The summed E-state index contributed by atoms with van der Waals surface area (Å²) in [5.41, 5.74) is 3.46. The highest BCUT2D eigenvalue weighted by Crippen LogP contribution is 2.31. The first-order chi connectivity index (χ1) is 13.5. The maximum Gasteiger partial charge on any atom is 0.0924 e. The van der Waals surface area contributed by atoms with Crippen molar-refractivity contribution < 1.29 is 5.11 Å². The molecule has 0 bridgehead atoms. The average Bonchev–Trinajstić information content (AvgIpc) is 2.69. The van der Waals surface area contributed by atoms with Gasteiger partial charge in [0, 0.05) is 27.5 Å². The van der Waals surface area contributed by atoms with Gasteiger partial charge in [0.05, 0.1) is 17.3 Å². The second-order valence-corrected chi connectivity index (χ2v) is 8.64. The van der Waals surface area contributed by atoms with E-state index >= 15 is 0 Å². The van der Waals surface area contributed by atoms with Crippen molar-refractivity contribution in [2.24, 2.45) is 5.92 Å². The lowest BCUT2D eigenvalue weighted by atomic mass is 9.97. The Hall–Kier alpha value is -1.07. The Kier molecular flexibility index (Phi) is 9.23. The number of halogens is 4. The molecule has 0 amide bonds. The van der Waals surface area contributed by atoms with Crippen molar-refractivity contribution in [3.05, 3.63) is 64.1 Å². The maximum absolute atomic E-state index is 11.1. The Labute approximate surface area is 200 Å². The smallest absolute Gasteiger partial charge is 0.0924 e. The van der Waals surface area contributed by atoms with Crippen molar-refractivity contribution in [2.45, 2.75) is 25.9 Å². The molecule has 1 aliphatic heterocycles. The molecule has 0 saturated carbocycles. The number of piperidine rings is 1. The minimum absolute atomic E-state index is 0. The van der Waals surface area contributed by atoms with Crippen molar-refractivity contribution in [2.75, 3.05) is 19.6 Å². The molecule has 0 aliphatic carbocycles. The molecule has 1 aliphatic rings. The van der Waals surface area contributed by atoms with Gasteiger partial charge in [0.1, 0.15) is 0 Å². The van der Waals surface area contributed by atoms with E-state index in [1.165, 1.54) is 12.8 Å². The Morgan fingerprint density at radius 1 is 1.00 bits per heavy atom. The molecule has 1 fully saturated rings. The van der Waals surface area contributed by atoms with Gasteiger partial charge >= 0.3 is 0 Å². The Bertz CT molecular complexity index is 973. The van der Waals surface area contributed by atoms with Gasteiger partial charge in [-0.2, -0.15) is 0 Å². The highest BCUT2D eigenvalue weighted by Gasteiger charge is 2.21. The Morgan fingerprint density at radius 3 is 2.30 bits per heavy atom. The minimum Gasteiger partial charge on any atom is -0.387 e. The van der Waals surface area contributed by atoms with Gasteiger partial charge in [-0.15, -0.1) is 24.8 Å². The molecule has 1 aromatic heterocycles. The van der Waals surface area contributed by atoms with Crippen LogP contribution < -0.4 is 0 Å². The van der Waals surface area contributed by atoms with E-state index in [9.17, 15) is 5.11 Å². The standard InChI is InChI=1S/C23H24Cl2N2O.2ClH/c1-15-8-10-27(11-9-15)14-23(28)20-13-21(16-2-4-17(24)5-3-16)26-22-12-18(25)6-7-19(20)22;;/h2-7,12-13,15,23,28H,8-11,14H2,1H3;2*1H. The Morgan fingerprint density at radius 2 is 1.63 bits per heavy atom. The summed E-state index contributed by atoms with van der Waals surface area (Å²) in [5, 5.41) is 13.4. The molecule has 1 atom stereocenters. The second kappa shape index (κ2) is 11.0. The summed E-state index contributed by atoms with van der Waals surface area (Å²) in [6, 6.07) is 15.3. The van der Waals surface area contributed by atoms with E-state index < -0.39 is 6.10 Å². The van der Waals surface area contributed by atoms with Crippen LogP contribution in [0.2, 0.25) is 10.0 Å². The first-order valence-electron chi connectivity index (χ1n) is 9.76. The van der Waals surface area contributed by atoms with Crippen LogP contribution in [-0.4, -0.2) is 34.6 Å². The summed E-state index contributed by atoms with van der Waals surface area (Å²) in [6.07, 6.45) is 1.80. The zero-order valence-electron chi connectivity index (χ0n) is 16.7. The zero-order valence-corrected chi connectivity index (χ0v) is 19.9. The molecule has 0 radical (unpaired) electrons. The third-order valence-corrected chi connectivity index (χ3v) is 6.10. The van der Waals surface area contributed by atoms with Crippen LogP contribution in [0.1, 0.15) is 31.4 Å². The van der Waals surface area contributed by atoms with E-state index in [1.54, 1.807) is 0 Å². The van der Waals surface area contributed by atoms with Crippen molar-refractivity contribution >= 4 is 58.9 Å². The van der Waals surface area contributed by atoms with Gasteiger partial charge in [-0.25, -0.2) is 4.98 Å². The maximum atomic E-state index is 11.1. The highest BCUT2D eigenvalue weighted by molar-refractivity contribution is 6.31. The van der Waals surface area contributed by atoms with Gasteiger partial charge in [0.15, 0.2) is 0 Å². The zero-order chi connectivity index (χ0) is 19.7. The molecule has 30 heavy (non-hydrogen) atoms. The van der Waals surface area contributed by atoms with E-state index in [0.717, 1.165) is 46.7 Å². The molecule has 2 heterocycles. The van der Waals surface area contributed by atoms with Crippen LogP contribution in [0.5, 0.6) is 0 Å². The lowest BCUT2D eigenvalue weighted by molar-refractivity contribution is 0.0925. The predicted octanol–water partition coefficient (Wildman–Crippen LogP) is 6.82. The summed E-state index contributed by atoms with van der Waals surface area (Å²) in [6.45, 7) is 5.01. The number of fused-ring (bicyclic) bond motifs is 1. The molecule has 162 valence electrons. The van der Waals surface area contributed by atoms with Crippen molar-refractivity contribution in [1.82, 2.24) is 9.88 Å². The monoisotopic (exact) mass is 486 g/mol. The highest BCUT2D eigenvalue weighted by atomic mass is 35.5. The van der Waals surface area contributed by atoms with Gasteiger partial charge < -0.3 is 10.0 Å². The summed E-state index contributed by atoms with van der Waals surface area (Å²) >= 11 is 12.2. The summed E-state index contributed by atoms with van der Waals surface area (Å²) < 4.78 is 0. The molecular formula is C23H26Cl4N2O. The molecule has 3 nitrogen and oxygen atoms in total. The lowest BCUT2D eigenvalue weighted by Crippen LogP contribution is -2.36. The SMILES string of the molecule is CC1CCN(CC(O)c2cc(-c3ccc(Cl)cc3)nc3cc(Cl)ccc23)CC1.Cl.Cl. The molecule has 2 aromatic carbocycles. The second-order valence-electron chi connectivity index (χ2n) is 7.76. The molecular weight excluding hydrogens is 462 g/mol. The lowest BCUT2D eigenvalue weighted by Gasteiger charge is -2.32. The number of nitrogens with zero attached hydrogens (tertiary/aromatic N) is 2. The van der Waals surface area contributed by atoms with Gasteiger partial charge in [-0.05, 0) is 67.7 Å². The third-order valence-electron chi connectivity index (χ3n) is 5.61. The number of rotatable bonds is 4. The van der Waals surface area contributed by atoms with Gasteiger partial charge in [0.2, 0.25) is 0 Å². The van der Waals surface area contributed by atoms with Gasteiger partial charge in [-0.1, -0.05) is 48.3 Å². The van der Waals surface area contributed by atoms with Crippen molar-refractivity contribution in [3.63, 3.8) is 0 Å². The number of pyridine rings is 1. The normalized spacial score (nSPS) is 16.0. The number of β-amino-alcohol motifs (C(OH)–C–C–N with tert-alkyl or cyclic N) is 1. The molecule has 4 rings (SSSR count). The predicted molar refractivity (Wildman–Crippen MR) is 131 cm³/mol. The van der Waals surface area contributed by atoms with Gasteiger partial charge in [-0.3, -0.25) is 0 Å². The van der Waals surface area contributed by atoms with Crippen molar-refractivity contribution in [3.8, 4) is 11.3 Å². The van der Waals surface area contributed by atoms with Gasteiger partial charge in [0.25, 0.3) is 0 Å². The van der Waals surface area contributed by atoms with E-state index in [4.69, 9.17) is 28.2 Å². The molecule has 1 saturated heterocycles.